The average Bonchev–Trinajstić information content (AvgIpc) is 3.05. The first kappa shape index (κ1) is 25.8. The number of carbonyl (C=O) groups is 3. The maximum Gasteiger partial charge on any atom is 0.413 e. The van der Waals surface area contributed by atoms with Gasteiger partial charge in [0.1, 0.15) is 5.75 Å². The van der Waals surface area contributed by atoms with Gasteiger partial charge in [0.15, 0.2) is 6.04 Å². The van der Waals surface area contributed by atoms with Gasteiger partial charge in [0.05, 0.1) is 11.4 Å². The minimum absolute atomic E-state index is 0.259. The lowest BCUT2D eigenvalue weighted by atomic mass is 9.49. The molecule has 41 heavy (non-hydrogen) atoms. The van der Waals surface area contributed by atoms with Gasteiger partial charge in [-0.05, 0) is 105 Å². The fourth-order valence-electron chi connectivity index (χ4n) is 8.40. The molecule has 210 valence electrons. The van der Waals surface area contributed by atoms with Crippen LogP contribution in [0.2, 0.25) is 0 Å². The predicted octanol–water partition coefficient (Wildman–Crippen LogP) is 6.46. The first-order valence-electron chi connectivity index (χ1n) is 14.8. The highest BCUT2D eigenvalue weighted by molar-refractivity contribution is 6.23. The lowest BCUT2D eigenvalue weighted by molar-refractivity contribution is -0.128. The quantitative estimate of drug-likeness (QED) is 0.358. The Hall–Kier alpha value is -4.13. The van der Waals surface area contributed by atoms with Crippen molar-refractivity contribution in [3.63, 3.8) is 0 Å². The fourth-order valence-corrected chi connectivity index (χ4v) is 8.40. The van der Waals surface area contributed by atoms with Gasteiger partial charge < -0.3 is 15.0 Å². The summed E-state index contributed by atoms with van der Waals surface area (Å²) in [5, 5.41) is 2.62. The number of nitrogens with one attached hydrogen (secondary N) is 1. The number of fused-ring (bicyclic) bond motifs is 1. The van der Waals surface area contributed by atoms with Crippen LogP contribution in [-0.4, -0.2) is 30.5 Å². The molecule has 0 spiro atoms. The zero-order valence-corrected chi connectivity index (χ0v) is 23.1. The molecule has 3 amide bonds. The fraction of sp³-hybridized carbons (Fsp3) is 0.382. The Balaban J connectivity index is 1.23. The van der Waals surface area contributed by atoms with Gasteiger partial charge in [-0.1, -0.05) is 48.5 Å². The van der Waals surface area contributed by atoms with E-state index in [1.54, 1.807) is 34.1 Å². The van der Waals surface area contributed by atoms with Crippen LogP contribution in [0.1, 0.15) is 44.9 Å². The minimum atomic E-state index is -1.44. The summed E-state index contributed by atoms with van der Waals surface area (Å²) in [6, 6.07) is 24.0. The molecule has 4 bridgehead atoms. The van der Waals surface area contributed by atoms with Gasteiger partial charge in [-0.2, -0.15) is 0 Å². The van der Waals surface area contributed by atoms with E-state index in [4.69, 9.17) is 4.74 Å². The third-order valence-electron chi connectivity index (χ3n) is 9.65. The van der Waals surface area contributed by atoms with E-state index in [1.807, 2.05) is 60.7 Å². The van der Waals surface area contributed by atoms with Crippen LogP contribution in [0.5, 0.6) is 5.75 Å². The lowest BCUT2D eigenvalue weighted by Gasteiger charge is -2.57. The molecule has 1 unspecified atom stereocenters. The van der Waals surface area contributed by atoms with Crippen molar-refractivity contribution in [3.8, 4) is 5.75 Å². The van der Waals surface area contributed by atoms with E-state index in [0.29, 0.717) is 29.4 Å². The zero-order valence-electron chi connectivity index (χ0n) is 23.1. The Morgan fingerprint density at radius 1 is 0.756 bits per heavy atom. The maximum absolute atomic E-state index is 14.3. The van der Waals surface area contributed by atoms with E-state index in [-0.39, 0.29) is 5.41 Å². The summed E-state index contributed by atoms with van der Waals surface area (Å²) in [6.07, 6.45) is 7.86. The van der Waals surface area contributed by atoms with E-state index < -0.39 is 23.9 Å². The van der Waals surface area contributed by atoms with Crippen LogP contribution in [0.3, 0.4) is 0 Å². The molecular formula is C34H35N3O4. The Labute approximate surface area is 240 Å². The van der Waals surface area contributed by atoms with Gasteiger partial charge in [0, 0.05) is 12.2 Å². The summed E-state index contributed by atoms with van der Waals surface area (Å²) in [5.74, 6) is 1.81. The maximum atomic E-state index is 14.3. The van der Waals surface area contributed by atoms with Crippen LogP contribution in [0.4, 0.5) is 21.9 Å². The summed E-state index contributed by atoms with van der Waals surface area (Å²) in [4.78, 5) is 44.8. The number of ether oxygens (including phenoxy) is 1. The van der Waals surface area contributed by atoms with E-state index in [1.165, 1.54) is 38.5 Å². The number of nitrogens with zero attached hydrogens (tertiary/aromatic N) is 2. The molecule has 7 heteroatoms. The van der Waals surface area contributed by atoms with Crippen LogP contribution >= 0.6 is 0 Å². The summed E-state index contributed by atoms with van der Waals surface area (Å²) < 4.78 is 5.44. The molecule has 3 aromatic carbocycles. The Bertz CT molecular complexity index is 1420. The third kappa shape index (κ3) is 4.88. The number of amides is 3. The third-order valence-corrected chi connectivity index (χ3v) is 9.65. The van der Waals surface area contributed by atoms with Crippen LogP contribution < -0.4 is 19.9 Å². The second kappa shape index (κ2) is 10.4. The van der Waals surface area contributed by atoms with E-state index in [2.05, 4.69) is 5.32 Å². The molecule has 0 aromatic heterocycles. The molecule has 4 fully saturated rings. The van der Waals surface area contributed by atoms with Gasteiger partial charge in [0.2, 0.25) is 0 Å². The molecule has 5 aliphatic rings. The van der Waals surface area contributed by atoms with Crippen LogP contribution in [-0.2, 0) is 9.59 Å². The van der Waals surface area contributed by atoms with E-state index in [0.717, 1.165) is 24.2 Å². The van der Waals surface area contributed by atoms with Gasteiger partial charge in [-0.25, -0.2) is 4.79 Å². The lowest BCUT2D eigenvalue weighted by Crippen LogP contribution is -2.56. The van der Waals surface area contributed by atoms with Crippen molar-refractivity contribution >= 4 is 35.0 Å². The summed E-state index contributed by atoms with van der Waals surface area (Å²) in [6.45, 7) is 0.504. The van der Waals surface area contributed by atoms with Crippen molar-refractivity contribution < 1.29 is 19.1 Å². The van der Waals surface area contributed by atoms with Crippen molar-refractivity contribution in [3.05, 3.63) is 84.9 Å². The van der Waals surface area contributed by atoms with Crippen LogP contribution in [0.25, 0.3) is 0 Å². The number of benzene rings is 3. The largest absolute Gasteiger partial charge is 0.413 e. The SMILES string of the molecule is O=C(NC1C(=O)N(CCC23CC4CC(CC(C4)C2)C3)c2ccccc2N(c2ccccc2)C1=O)Oc1ccccc1. The first-order valence-corrected chi connectivity index (χ1v) is 14.8. The minimum Gasteiger partial charge on any atom is -0.410 e. The van der Waals surface area contributed by atoms with Crippen molar-refractivity contribution in [1.29, 1.82) is 0 Å². The molecule has 3 aromatic rings. The molecule has 7 nitrogen and oxygen atoms in total. The number of hydrogen-bond donors (Lipinski definition) is 1. The number of para-hydroxylation sites is 4. The van der Waals surface area contributed by atoms with Gasteiger partial charge in [-0.15, -0.1) is 0 Å². The standard InChI is InChI=1S/C34H35N3O4/c38-31-30(35-33(40)41-27-11-5-2-6-12-27)32(39)37(26-9-3-1-4-10-26)29-14-8-7-13-28(29)36(31)16-15-34-20-23-17-24(21-34)19-25(18-23)22-34/h1-14,23-25,30H,15-22H2,(H,35,40). The molecule has 1 aliphatic heterocycles. The Kier molecular flexibility index (Phi) is 6.53. The summed E-state index contributed by atoms with van der Waals surface area (Å²) in [5.41, 5.74) is 2.20. The van der Waals surface area contributed by atoms with Crippen molar-refractivity contribution in [2.24, 2.45) is 23.2 Å². The van der Waals surface area contributed by atoms with Crippen LogP contribution in [0.15, 0.2) is 84.9 Å². The number of hydrogen-bond acceptors (Lipinski definition) is 4. The number of anilines is 3. The molecule has 4 saturated carbocycles. The first-order chi connectivity index (χ1) is 20.0. The van der Waals surface area contributed by atoms with Gasteiger partial charge >= 0.3 is 6.09 Å². The summed E-state index contributed by atoms with van der Waals surface area (Å²) >= 11 is 0. The Morgan fingerprint density at radius 3 is 1.95 bits per heavy atom. The molecule has 1 atom stereocenters. The topological polar surface area (TPSA) is 79.0 Å². The van der Waals surface area contributed by atoms with Crippen molar-refractivity contribution in [1.82, 2.24) is 5.32 Å². The molecule has 1 N–H and O–H groups in total. The second-order valence-corrected chi connectivity index (χ2v) is 12.4. The predicted molar refractivity (Wildman–Crippen MR) is 157 cm³/mol. The smallest absolute Gasteiger partial charge is 0.410 e. The van der Waals surface area contributed by atoms with E-state index >= 15 is 0 Å². The second-order valence-electron chi connectivity index (χ2n) is 12.4. The van der Waals surface area contributed by atoms with Crippen molar-refractivity contribution in [2.75, 3.05) is 16.3 Å². The molecule has 8 rings (SSSR count). The van der Waals surface area contributed by atoms with Crippen LogP contribution in [0, 0.1) is 23.2 Å². The molecular weight excluding hydrogens is 514 g/mol. The van der Waals surface area contributed by atoms with Gasteiger partial charge in [0.25, 0.3) is 11.8 Å². The Morgan fingerprint density at radius 2 is 1.32 bits per heavy atom. The van der Waals surface area contributed by atoms with Crippen molar-refractivity contribution in [2.45, 2.75) is 51.0 Å². The zero-order chi connectivity index (χ0) is 28.0. The number of carbonyl (C=O) groups excluding carboxylic acids is 3. The monoisotopic (exact) mass is 549 g/mol. The highest BCUT2D eigenvalue weighted by Gasteiger charge is 2.51. The molecule has 1 heterocycles. The normalized spacial score (nSPS) is 28.3. The summed E-state index contributed by atoms with van der Waals surface area (Å²) in [7, 11) is 0. The molecule has 4 aliphatic carbocycles. The number of rotatable bonds is 6. The molecule has 0 saturated heterocycles. The van der Waals surface area contributed by atoms with Gasteiger partial charge in [-0.3, -0.25) is 14.5 Å². The molecule has 0 radical (unpaired) electrons. The highest BCUT2D eigenvalue weighted by atomic mass is 16.6. The van der Waals surface area contributed by atoms with E-state index in [9.17, 15) is 14.4 Å². The highest BCUT2D eigenvalue weighted by Crippen LogP contribution is 2.61. The average molecular weight is 550 g/mol.